The molecule has 2 nitrogen and oxygen atoms in total. The highest BCUT2D eigenvalue weighted by Gasteiger charge is 2.18. The van der Waals surface area contributed by atoms with Crippen LogP contribution in [0.25, 0.3) is 0 Å². The van der Waals surface area contributed by atoms with Gasteiger partial charge in [-0.3, -0.25) is 0 Å². The smallest absolute Gasteiger partial charge is 0.0627 e. The minimum atomic E-state index is -0.0160. The van der Waals surface area contributed by atoms with Gasteiger partial charge in [-0.1, -0.05) is 13.8 Å². The van der Waals surface area contributed by atoms with E-state index in [1.165, 1.54) is 6.42 Å². The van der Waals surface area contributed by atoms with Gasteiger partial charge in [0.1, 0.15) is 0 Å². The predicted molar refractivity (Wildman–Crippen MR) is 57.8 cm³/mol. The standard InChI is InChI=1S/C11H25NO/c1-9(2)6-7-11(4,5)13-8-10(3)12/h9-10H,6-8,12H2,1-5H3. The van der Waals surface area contributed by atoms with E-state index in [-0.39, 0.29) is 11.6 Å². The molecule has 0 aliphatic heterocycles. The van der Waals surface area contributed by atoms with Crippen LogP contribution >= 0.6 is 0 Å². The molecule has 1 unspecified atom stereocenters. The molecule has 0 aliphatic carbocycles. The van der Waals surface area contributed by atoms with Gasteiger partial charge in [0.15, 0.2) is 0 Å². The molecule has 0 saturated carbocycles. The molecule has 0 fully saturated rings. The Hall–Kier alpha value is -0.0800. The first kappa shape index (κ1) is 12.9. The van der Waals surface area contributed by atoms with Crippen LogP contribution < -0.4 is 5.73 Å². The molecule has 0 heterocycles. The number of ether oxygens (including phenoxy) is 1. The zero-order valence-electron chi connectivity index (χ0n) is 9.76. The summed E-state index contributed by atoms with van der Waals surface area (Å²) in [6.45, 7) is 11.4. The lowest BCUT2D eigenvalue weighted by Gasteiger charge is -2.27. The van der Waals surface area contributed by atoms with Crippen LogP contribution in [0.5, 0.6) is 0 Å². The van der Waals surface area contributed by atoms with Gasteiger partial charge in [-0.2, -0.15) is 0 Å². The first-order valence-corrected chi connectivity index (χ1v) is 5.23. The highest BCUT2D eigenvalue weighted by atomic mass is 16.5. The molecular formula is C11H25NO. The van der Waals surface area contributed by atoms with Crippen LogP contribution in [0.1, 0.15) is 47.5 Å². The summed E-state index contributed by atoms with van der Waals surface area (Å²) in [5.74, 6) is 0.748. The monoisotopic (exact) mass is 187 g/mol. The van der Waals surface area contributed by atoms with Gasteiger partial charge in [-0.25, -0.2) is 0 Å². The molecule has 1 atom stereocenters. The first-order valence-electron chi connectivity index (χ1n) is 5.23. The van der Waals surface area contributed by atoms with E-state index in [0.29, 0.717) is 6.61 Å². The molecule has 0 rings (SSSR count). The van der Waals surface area contributed by atoms with Crippen molar-refractivity contribution in [3.8, 4) is 0 Å². The van der Waals surface area contributed by atoms with Crippen LogP contribution in [-0.4, -0.2) is 18.2 Å². The summed E-state index contributed by atoms with van der Waals surface area (Å²) in [4.78, 5) is 0. The van der Waals surface area contributed by atoms with Crippen LogP contribution in [0.2, 0.25) is 0 Å². The maximum Gasteiger partial charge on any atom is 0.0627 e. The summed E-state index contributed by atoms with van der Waals surface area (Å²) >= 11 is 0. The van der Waals surface area contributed by atoms with Crippen LogP contribution in [0.3, 0.4) is 0 Å². The van der Waals surface area contributed by atoms with Gasteiger partial charge in [-0.15, -0.1) is 0 Å². The van der Waals surface area contributed by atoms with Crippen molar-refractivity contribution in [3.05, 3.63) is 0 Å². The normalized spacial score (nSPS) is 15.0. The molecule has 13 heavy (non-hydrogen) atoms. The van der Waals surface area contributed by atoms with Crippen molar-refractivity contribution in [3.63, 3.8) is 0 Å². The number of rotatable bonds is 6. The largest absolute Gasteiger partial charge is 0.374 e. The topological polar surface area (TPSA) is 35.2 Å². The van der Waals surface area contributed by atoms with Gasteiger partial charge in [0, 0.05) is 6.04 Å². The molecule has 0 radical (unpaired) electrons. The van der Waals surface area contributed by atoms with Crippen molar-refractivity contribution < 1.29 is 4.74 Å². The molecular weight excluding hydrogens is 162 g/mol. The zero-order chi connectivity index (χ0) is 10.5. The van der Waals surface area contributed by atoms with Crippen LogP contribution in [0, 0.1) is 5.92 Å². The second kappa shape index (κ2) is 5.61. The minimum Gasteiger partial charge on any atom is -0.374 e. The van der Waals surface area contributed by atoms with Gasteiger partial charge < -0.3 is 10.5 Å². The molecule has 0 saturated heterocycles. The van der Waals surface area contributed by atoms with Gasteiger partial charge in [0.05, 0.1) is 12.2 Å². The average molecular weight is 187 g/mol. The summed E-state index contributed by atoms with van der Waals surface area (Å²) in [6.07, 6.45) is 2.32. The Kier molecular flexibility index (Phi) is 5.57. The van der Waals surface area contributed by atoms with Crippen molar-refractivity contribution in [2.75, 3.05) is 6.61 Å². The Morgan fingerprint density at radius 1 is 1.23 bits per heavy atom. The van der Waals surface area contributed by atoms with Crippen molar-refractivity contribution in [2.24, 2.45) is 11.7 Å². The summed E-state index contributed by atoms with van der Waals surface area (Å²) < 4.78 is 5.72. The number of hydrogen-bond donors (Lipinski definition) is 1. The highest BCUT2D eigenvalue weighted by molar-refractivity contribution is 4.70. The van der Waals surface area contributed by atoms with Gasteiger partial charge in [0.2, 0.25) is 0 Å². The van der Waals surface area contributed by atoms with E-state index in [1.54, 1.807) is 0 Å². The van der Waals surface area contributed by atoms with Gasteiger partial charge >= 0.3 is 0 Å². The molecule has 0 amide bonds. The maximum atomic E-state index is 5.72. The zero-order valence-corrected chi connectivity index (χ0v) is 9.76. The van der Waals surface area contributed by atoms with E-state index < -0.39 is 0 Å². The van der Waals surface area contributed by atoms with E-state index >= 15 is 0 Å². The molecule has 2 N–H and O–H groups in total. The summed E-state index contributed by atoms with van der Waals surface area (Å²) in [5.41, 5.74) is 5.61. The Morgan fingerprint density at radius 3 is 2.15 bits per heavy atom. The summed E-state index contributed by atoms with van der Waals surface area (Å²) in [6, 6.07) is 0.137. The highest BCUT2D eigenvalue weighted by Crippen LogP contribution is 2.19. The van der Waals surface area contributed by atoms with Crippen molar-refractivity contribution >= 4 is 0 Å². The van der Waals surface area contributed by atoms with Crippen molar-refractivity contribution in [1.29, 1.82) is 0 Å². The fourth-order valence-electron chi connectivity index (χ4n) is 1.07. The molecule has 0 spiro atoms. The number of nitrogens with two attached hydrogens (primary N) is 1. The molecule has 0 aromatic carbocycles. The van der Waals surface area contributed by atoms with Gasteiger partial charge in [-0.05, 0) is 39.5 Å². The second-order valence-electron chi connectivity index (χ2n) is 4.98. The molecule has 0 aromatic rings. The van der Waals surface area contributed by atoms with E-state index in [2.05, 4.69) is 27.7 Å². The average Bonchev–Trinajstić information content (AvgIpc) is 1.98. The Balaban J connectivity index is 3.66. The fraction of sp³-hybridized carbons (Fsp3) is 1.00. The summed E-state index contributed by atoms with van der Waals surface area (Å²) in [5, 5.41) is 0. The quantitative estimate of drug-likeness (QED) is 0.693. The van der Waals surface area contributed by atoms with Crippen LogP contribution in [0.4, 0.5) is 0 Å². The lowest BCUT2D eigenvalue weighted by atomic mass is 9.97. The SMILES string of the molecule is CC(C)CCC(C)(C)OCC(C)N. The second-order valence-corrected chi connectivity index (χ2v) is 4.98. The third-order valence-corrected chi connectivity index (χ3v) is 2.06. The van der Waals surface area contributed by atoms with Crippen LogP contribution in [-0.2, 0) is 4.74 Å². The maximum absolute atomic E-state index is 5.72. The van der Waals surface area contributed by atoms with E-state index in [1.807, 2.05) is 6.92 Å². The molecule has 0 aliphatic rings. The minimum absolute atomic E-state index is 0.0160. The Labute approximate surface area is 82.8 Å². The van der Waals surface area contributed by atoms with E-state index in [9.17, 15) is 0 Å². The molecule has 80 valence electrons. The Bertz CT molecular complexity index is 116. The fourth-order valence-corrected chi connectivity index (χ4v) is 1.07. The third kappa shape index (κ3) is 8.26. The summed E-state index contributed by atoms with van der Waals surface area (Å²) in [7, 11) is 0. The molecule has 0 aromatic heterocycles. The van der Waals surface area contributed by atoms with Crippen LogP contribution in [0.15, 0.2) is 0 Å². The molecule has 0 bridgehead atoms. The van der Waals surface area contributed by atoms with Crippen molar-refractivity contribution in [2.45, 2.75) is 59.1 Å². The third-order valence-electron chi connectivity index (χ3n) is 2.06. The lowest BCUT2D eigenvalue weighted by molar-refractivity contribution is -0.0310. The number of hydrogen-bond acceptors (Lipinski definition) is 2. The first-order chi connectivity index (χ1) is 5.83. The van der Waals surface area contributed by atoms with Gasteiger partial charge in [0.25, 0.3) is 0 Å². The molecule has 2 heteroatoms. The van der Waals surface area contributed by atoms with E-state index in [4.69, 9.17) is 10.5 Å². The lowest BCUT2D eigenvalue weighted by Crippen LogP contribution is -2.32. The predicted octanol–water partition coefficient (Wildman–Crippen LogP) is 2.57. The van der Waals surface area contributed by atoms with Crippen molar-refractivity contribution in [1.82, 2.24) is 0 Å². The Morgan fingerprint density at radius 2 is 1.77 bits per heavy atom. The van der Waals surface area contributed by atoms with E-state index in [0.717, 1.165) is 12.3 Å².